The van der Waals surface area contributed by atoms with Crippen LogP contribution >= 0.6 is 11.6 Å². The van der Waals surface area contributed by atoms with Crippen LogP contribution in [0.4, 0.5) is 5.69 Å². The van der Waals surface area contributed by atoms with E-state index in [1.54, 1.807) is 31.2 Å². The number of halogens is 1. The van der Waals surface area contributed by atoms with Gasteiger partial charge in [-0.3, -0.25) is 4.79 Å². The van der Waals surface area contributed by atoms with Gasteiger partial charge in [-0.1, -0.05) is 17.7 Å². The summed E-state index contributed by atoms with van der Waals surface area (Å²) in [6, 6.07) is 9.64. The molecular weight excluding hydrogens is 290 g/mol. The van der Waals surface area contributed by atoms with Crippen molar-refractivity contribution in [2.24, 2.45) is 0 Å². The Balaban J connectivity index is 2.31. The maximum atomic E-state index is 12.2. The number of anilines is 1. The minimum atomic E-state index is -1.04. The first kappa shape index (κ1) is 15.1. The van der Waals surface area contributed by atoms with Gasteiger partial charge >= 0.3 is 5.97 Å². The summed E-state index contributed by atoms with van der Waals surface area (Å²) in [5.74, 6) is -1.37. The molecule has 0 saturated heterocycles. The highest BCUT2D eigenvalue weighted by atomic mass is 35.5. The van der Waals surface area contributed by atoms with Crippen LogP contribution in [0.2, 0.25) is 5.02 Å². The minimum absolute atomic E-state index is 0.123. The Morgan fingerprint density at radius 2 is 1.76 bits per heavy atom. The normalized spacial score (nSPS) is 10.2. The Hall–Kier alpha value is -2.33. The van der Waals surface area contributed by atoms with Crippen LogP contribution in [0.5, 0.6) is 0 Å². The van der Waals surface area contributed by atoms with Crippen molar-refractivity contribution in [3.05, 3.63) is 63.7 Å². The molecule has 0 radical (unpaired) electrons. The Kier molecular flexibility index (Phi) is 4.29. The van der Waals surface area contributed by atoms with Crippen molar-refractivity contribution in [1.29, 1.82) is 0 Å². The highest BCUT2D eigenvalue weighted by molar-refractivity contribution is 6.31. The van der Waals surface area contributed by atoms with Gasteiger partial charge in [0.25, 0.3) is 5.91 Å². The molecule has 0 atom stereocenters. The van der Waals surface area contributed by atoms with Crippen molar-refractivity contribution >= 4 is 29.2 Å². The molecule has 0 bridgehead atoms. The Morgan fingerprint density at radius 1 is 1.05 bits per heavy atom. The van der Waals surface area contributed by atoms with Crippen LogP contribution in [0.25, 0.3) is 0 Å². The molecule has 0 saturated carbocycles. The molecule has 0 aliphatic rings. The number of rotatable bonds is 3. The van der Waals surface area contributed by atoms with E-state index in [0.717, 1.165) is 11.1 Å². The van der Waals surface area contributed by atoms with Crippen molar-refractivity contribution in [1.82, 2.24) is 0 Å². The van der Waals surface area contributed by atoms with E-state index in [9.17, 15) is 9.59 Å². The topological polar surface area (TPSA) is 66.4 Å². The molecule has 2 aromatic carbocycles. The smallest absolute Gasteiger partial charge is 0.335 e. The first-order valence-corrected chi connectivity index (χ1v) is 6.67. The minimum Gasteiger partial charge on any atom is -0.478 e. The lowest BCUT2D eigenvalue weighted by atomic mass is 10.1. The molecule has 5 heteroatoms. The van der Waals surface area contributed by atoms with Gasteiger partial charge in [-0.15, -0.1) is 0 Å². The van der Waals surface area contributed by atoms with E-state index in [1.165, 1.54) is 12.1 Å². The van der Waals surface area contributed by atoms with Crippen molar-refractivity contribution in [2.45, 2.75) is 13.8 Å². The summed E-state index contributed by atoms with van der Waals surface area (Å²) in [5, 5.41) is 12.2. The van der Waals surface area contributed by atoms with Crippen LogP contribution in [0.1, 0.15) is 31.8 Å². The number of carbonyl (C=O) groups is 2. The summed E-state index contributed by atoms with van der Waals surface area (Å²) < 4.78 is 0. The number of carbonyl (C=O) groups excluding carboxylic acids is 1. The van der Waals surface area contributed by atoms with Gasteiger partial charge in [0.05, 0.1) is 5.56 Å². The average Bonchev–Trinajstić information content (AvgIpc) is 2.39. The maximum absolute atomic E-state index is 12.2. The van der Waals surface area contributed by atoms with E-state index in [-0.39, 0.29) is 11.5 Å². The molecular formula is C16H14ClNO3. The van der Waals surface area contributed by atoms with Gasteiger partial charge in [0, 0.05) is 16.3 Å². The zero-order valence-electron chi connectivity index (χ0n) is 11.6. The van der Waals surface area contributed by atoms with Crippen LogP contribution < -0.4 is 5.32 Å². The van der Waals surface area contributed by atoms with E-state index in [4.69, 9.17) is 16.7 Å². The fraction of sp³-hybridized carbons (Fsp3) is 0.125. The van der Waals surface area contributed by atoms with Gasteiger partial charge in [0.15, 0.2) is 0 Å². The van der Waals surface area contributed by atoms with Gasteiger partial charge in [-0.25, -0.2) is 4.79 Å². The number of hydrogen-bond acceptors (Lipinski definition) is 2. The Bertz CT molecular complexity index is 705. The van der Waals surface area contributed by atoms with Crippen molar-refractivity contribution in [2.75, 3.05) is 5.32 Å². The second-order valence-electron chi connectivity index (χ2n) is 4.81. The lowest BCUT2D eigenvalue weighted by molar-refractivity contribution is 0.0696. The number of benzene rings is 2. The molecule has 0 spiro atoms. The number of hydrogen-bond donors (Lipinski definition) is 2. The fourth-order valence-electron chi connectivity index (χ4n) is 1.95. The summed E-state index contributed by atoms with van der Waals surface area (Å²) in [5.41, 5.74) is 2.69. The number of aryl methyl sites for hydroxylation is 2. The third-order valence-electron chi connectivity index (χ3n) is 3.04. The van der Waals surface area contributed by atoms with E-state index < -0.39 is 5.97 Å². The number of aromatic carboxylic acids is 1. The standard InChI is InChI=1S/C16H14ClNO3/c1-9-5-12(7-13(17)6-9)15(19)18-14-8-11(16(20)21)4-3-10(14)2/h3-8H,1-2H3,(H,18,19)(H,20,21). The lowest BCUT2D eigenvalue weighted by Gasteiger charge is -2.10. The number of nitrogens with one attached hydrogen (secondary N) is 1. The Labute approximate surface area is 127 Å². The summed E-state index contributed by atoms with van der Waals surface area (Å²) in [6.07, 6.45) is 0. The van der Waals surface area contributed by atoms with Crippen LogP contribution in [0.3, 0.4) is 0 Å². The highest BCUT2D eigenvalue weighted by Gasteiger charge is 2.11. The predicted molar refractivity (Wildman–Crippen MR) is 82.3 cm³/mol. The third kappa shape index (κ3) is 3.61. The predicted octanol–water partition coefficient (Wildman–Crippen LogP) is 3.91. The molecule has 2 N–H and O–H groups in total. The van der Waals surface area contributed by atoms with Gasteiger partial charge in [0.1, 0.15) is 0 Å². The van der Waals surface area contributed by atoms with Crippen LogP contribution in [0.15, 0.2) is 36.4 Å². The molecule has 21 heavy (non-hydrogen) atoms. The first-order chi connectivity index (χ1) is 9.86. The van der Waals surface area contributed by atoms with E-state index in [2.05, 4.69) is 5.32 Å². The summed E-state index contributed by atoms with van der Waals surface area (Å²) in [7, 11) is 0. The Morgan fingerprint density at radius 3 is 2.38 bits per heavy atom. The molecule has 4 nitrogen and oxygen atoms in total. The van der Waals surface area contributed by atoms with E-state index in [0.29, 0.717) is 16.3 Å². The van der Waals surface area contributed by atoms with E-state index >= 15 is 0 Å². The average molecular weight is 304 g/mol. The van der Waals surface area contributed by atoms with Gasteiger partial charge < -0.3 is 10.4 Å². The molecule has 0 aliphatic carbocycles. The number of amides is 1. The van der Waals surface area contributed by atoms with Crippen molar-refractivity contribution in [3.8, 4) is 0 Å². The highest BCUT2D eigenvalue weighted by Crippen LogP contribution is 2.20. The second-order valence-corrected chi connectivity index (χ2v) is 5.24. The molecule has 0 unspecified atom stereocenters. The largest absolute Gasteiger partial charge is 0.478 e. The van der Waals surface area contributed by atoms with Gasteiger partial charge in [-0.2, -0.15) is 0 Å². The van der Waals surface area contributed by atoms with Crippen molar-refractivity contribution < 1.29 is 14.7 Å². The van der Waals surface area contributed by atoms with Crippen LogP contribution in [0, 0.1) is 13.8 Å². The monoisotopic (exact) mass is 303 g/mol. The molecule has 2 rings (SSSR count). The van der Waals surface area contributed by atoms with Crippen LogP contribution in [-0.4, -0.2) is 17.0 Å². The van der Waals surface area contributed by atoms with Gasteiger partial charge in [-0.05, 0) is 55.3 Å². The third-order valence-corrected chi connectivity index (χ3v) is 3.26. The second kappa shape index (κ2) is 5.97. The fourth-order valence-corrected chi connectivity index (χ4v) is 2.24. The zero-order valence-corrected chi connectivity index (χ0v) is 12.4. The quantitative estimate of drug-likeness (QED) is 0.903. The lowest BCUT2D eigenvalue weighted by Crippen LogP contribution is -2.13. The summed E-state index contributed by atoms with van der Waals surface area (Å²) in [6.45, 7) is 3.64. The molecule has 1 amide bonds. The first-order valence-electron chi connectivity index (χ1n) is 6.29. The number of carboxylic acids is 1. The SMILES string of the molecule is Cc1cc(Cl)cc(C(=O)Nc2cc(C(=O)O)ccc2C)c1. The summed E-state index contributed by atoms with van der Waals surface area (Å²) >= 11 is 5.94. The molecule has 0 aliphatic heterocycles. The molecule has 0 aromatic heterocycles. The van der Waals surface area contributed by atoms with Gasteiger partial charge in [0.2, 0.25) is 0 Å². The molecule has 0 fully saturated rings. The maximum Gasteiger partial charge on any atom is 0.335 e. The zero-order chi connectivity index (χ0) is 15.6. The molecule has 0 heterocycles. The molecule has 108 valence electrons. The van der Waals surface area contributed by atoms with E-state index in [1.807, 2.05) is 6.92 Å². The number of carboxylic acid groups (broad SMARTS) is 1. The van der Waals surface area contributed by atoms with Crippen LogP contribution in [-0.2, 0) is 0 Å². The molecule has 2 aromatic rings. The summed E-state index contributed by atoms with van der Waals surface area (Å²) in [4.78, 5) is 23.2. The van der Waals surface area contributed by atoms with Crippen molar-refractivity contribution in [3.63, 3.8) is 0 Å².